The molecule has 0 bridgehead atoms. The van der Waals surface area contributed by atoms with E-state index in [0.29, 0.717) is 5.54 Å². The zero-order chi connectivity index (χ0) is 13.3. The lowest BCUT2D eigenvalue weighted by atomic mass is 9.91. The molecule has 0 nitrogen and oxygen atoms in total. The minimum Gasteiger partial charge on any atom is -0.206 e. The molecule has 2 rings (SSSR count). The zero-order valence-corrected chi connectivity index (χ0v) is 13.6. The van der Waals surface area contributed by atoms with E-state index >= 15 is 0 Å². The van der Waals surface area contributed by atoms with Gasteiger partial charge < -0.3 is 0 Å². The summed E-state index contributed by atoms with van der Waals surface area (Å²) in [5, 5.41) is 0. The highest BCUT2D eigenvalue weighted by Gasteiger charge is 2.28. The molecule has 0 N–H and O–H groups in total. The first kappa shape index (κ1) is 14.2. The molecule has 0 unspecified atom stereocenters. The van der Waals surface area contributed by atoms with Crippen LogP contribution in [0, 0.1) is 11.6 Å². The van der Waals surface area contributed by atoms with Gasteiger partial charge in [-0.25, -0.2) is 8.78 Å². The first-order chi connectivity index (χ1) is 8.58. The van der Waals surface area contributed by atoms with Crippen molar-refractivity contribution in [3.63, 3.8) is 0 Å². The number of hydrogen-bond donors (Lipinski definition) is 0. The van der Waals surface area contributed by atoms with Crippen molar-refractivity contribution in [3.05, 3.63) is 33.3 Å². The molecule has 0 heterocycles. The van der Waals surface area contributed by atoms with Crippen molar-refractivity contribution < 1.29 is 8.78 Å². The van der Waals surface area contributed by atoms with Crippen LogP contribution in [-0.2, 0) is 12.8 Å². The van der Waals surface area contributed by atoms with Crippen molar-refractivity contribution in [1.29, 1.82) is 0 Å². The Labute approximate surface area is 118 Å². The Kier molecular flexibility index (Phi) is 4.59. The quantitative estimate of drug-likeness (QED) is 0.548. The van der Waals surface area contributed by atoms with E-state index in [-0.39, 0.29) is 10.3 Å². The Bertz CT molecular complexity index is 444. The van der Waals surface area contributed by atoms with E-state index in [9.17, 15) is 8.78 Å². The van der Waals surface area contributed by atoms with Crippen molar-refractivity contribution in [2.75, 3.05) is 0 Å². The van der Waals surface area contributed by atoms with Crippen LogP contribution >= 0.6 is 15.9 Å². The molecular weight excluding hydrogens is 314 g/mol. The smallest absolute Gasteiger partial charge is 0.143 e. The predicted octanol–water partition coefficient (Wildman–Crippen LogP) is 4.85. The summed E-state index contributed by atoms with van der Waals surface area (Å²) < 4.78 is 27.6. The Balaban J connectivity index is 2.31. The monoisotopic (exact) mass is 332 g/mol. The standard InChI is InChI=1S/C14H19BrF2Si/c1-3-18(4-2)10-6-5-9-7-12(16)13(15)14(17)11(9)8-10/h7,10,18H,3-6,8H2,1-2H3/t10-/m0/s1. The topological polar surface area (TPSA) is 0 Å². The molecule has 1 aliphatic rings. The van der Waals surface area contributed by atoms with Crippen molar-refractivity contribution in [1.82, 2.24) is 0 Å². The summed E-state index contributed by atoms with van der Waals surface area (Å²) in [5.74, 6) is -0.834. The lowest BCUT2D eigenvalue weighted by Crippen LogP contribution is -2.25. The Morgan fingerprint density at radius 2 is 2.00 bits per heavy atom. The van der Waals surface area contributed by atoms with Gasteiger partial charge in [-0.05, 0) is 57.9 Å². The molecule has 0 spiro atoms. The maximum atomic E-state index is 14.1. The minimum atomic E-state index is -0.757. The van der Waals surface area contributed by atoms with Gasteiger partial charge in [0, 0.05) is 8.80 Å². The van der Waals surface area contributed by atoms with E-state index < -0.39 is 14.6 Å². The van der Waals surface area contributed by atoms with Crippen molar-refractivity contribution in [3.8, 4) is 0 Å². The second-order valence-electron chi connectivity index (χ2n) is 5.20. The molecule has 1 atom stereocenters. The van der Waals surface area contributed by atoms with E-state index in [4.69, 9.17) is 0 Å². The number of halogens is 3. The second-order valence-corrected chi connectivity index (χ2v) is 10.1. The molecule has 1 aromatic rings. The summed E-state index contributed by atoms with van der Waals surface area (Å²) in [7, 11) is -0.757. The van der Waals surface area contributed by atoms with Crippen molar-refractivity contribution >= 4 is 24.7 Å². The highest BCUT2D eigenvalue weighted by Crippen LogP contribution is 2.37. The summed E-state index contributed by atoms with van der Waals surface area (Å²) >= 11 is 3.01. The van der Waals surface area contributed by atoms with Crippen LogP contribution in [-0.4, -0.2) is 8.80 Å². The van der Waals surface area contributed by atoms with E-state index in [0.717, 1.165) is 30.4 Å². The summed E-state index contributed by atoms with van der Waals surface area (Å²) in [6.07, 6.45) is 2.77. The van der Waals surface area contributed by atoms with E-state index in [2.05, 4.69) is 29.8 Å². The normalized spacial score (nSPS) is 19.1. The Morgan fingerprint density at radius 3 is 2.61 bits per heavy atom. The van der Waals surface area contributed by atoms with Crippen LogP contribution in [0.3, 0.4) is 0 Å². The number of rotatable bonds is 3. The van der Waals surface area contributed by atoms with Gasteiger partial charge >= 0.3 is 0 Å². The third kappa shape index (κ3) is 2.55. The van der Waals surface area contributed by atoms with Gasteiger partial charge in [0.15, 0.2) is 0 Å². The number of hydrogen-bond acceptors (Lipinski definition) is 0. The fraction of sp³-hybridized carbons (Fsp3) is 0.571. The largest absolute Gasteiger partial charge is 0.206 e. The first-order valence-electron chi connectivity index (χ1n) is 6.73. The average molecular weight is 333 g/mol. The molecule has 1 aliphatic carbocycles. The van der Waals surface area contributed by atoms with Gasteiger partial charge in [0.05, 0.1) is 4.47 Å². The predicted molar refractivity (Wildman–Crippen MR) is 77.9 cm³/mol. The maximum Gasteiger partial charge on any atom is 0.143 e. The maximum absolute atomic E-state index is 14.1. The highest BCUT2D eigenvalue weighted by atomic mass is 79.9. The van der Waals surface area contributed by atoms with Crippen LogP contribution in [0.2, 0.25) is 17.6 Å². The lowest BCUT2D eigenvalue weighted by molar-refractivity contribution is 0.536. The van der Waals surface area contributed by atoms with Crippen LogP contribution in [0.4, 0.5) is 8.78 Å². The average Bonchev–Trinajstić information content (AvgIpc) is 2.38. The highest BCUT2D eigenvalue weighted by molar-refractivity contribution is 9.10. The van der Waals surface area contributed by atoms with Crippen molar-refractivity contribution in [2.45, 2.75) is 50.7 Å². The first-order valence-corrected chi connectivity index (χ1v) is 9.82. The van der Waals surface area contributed by atoms with Crippen LogP contribution < -0.4 is 0 Å². The molecule has 0 saturated carbocycles. The second kappa shape index (κ2) is 5.82. The molecule has 100 valence electrons. The van der Waals surface area contributed by atoms with Crippen LogP contribution in [0.15, 0.2) is 10.5 Å². The van der Waals surface area contributed by atoms with Gasteiger partial charge in [-0.3, -0.25) is 0 Å². The SMILES string of the molecule is CC[SiH](CC)[C@H]1CCc2cc(F)c(Br)c(F)c2C1. The molecule has 0 amide bonds. The van der Waals surface area contributed by atoms with Gasteiger partial charge in [-0.2, -0.15) is 0 Å². The fourth-order valence-corrected chi connectivity index (χ4v) is 6.66. The lowest BCUT2D eigenvalue weighted by Gasteiger charge is -2.30. The van der Waals surface area contributed by atoms with Gasteiger partial charge in [-0.1, -0.05) is 25.9 Å². The third-order valence-electron chi connectivity index (χ3n) is 4.32. The summed E-state index contributed by atoms with van der Waals surface area (Å²) in [6, 6.07) is 4.06. The van der Waals surface area contributed by atoms with E-state index in [1.165, 1.54) is 18.2 Å². The van der Waals surface area contributed by atoms with Crippen LogP contribution in [0.1, 0.15) is 31.4 Å². The molecule has 0 aliphatic heterocycles. The summed E-state index contributed by atoms with van der Waals surface area (Å²) in [5.41, 5.74) is 2.32. The molecule has 18 heavy (non-hydrogen) atoms. The van der Waals surface area contributed by atoms with E-state index in [1.54, 1.807) is 0 Å². The summed E-state index contributed by atoms with van der Waals surface area (Å²) in [4.78, 5) is 0. The van der Waals surface area contributed by atoms with Crippen LogP contribution in [0.25, 0.3) is 0 Å². The van der Waals surface area contributed by atoms with Gasteiger partial charge in [-0.15, -0.1) is 0 Å². The minimum absolute atomic E-state index is 0.00751. The molecule has 0 fully saturated rings. The molecule has 0 aromatic heterocycles. The molecule has 0 saturated heterocycles. The third-order valence-corrected chi connectivity index (χ3v) is 9.05. The van der Waals surface area contributed by atoms with Gasteiger partial charge in [0.2, 0.25) is 0 Å². The zero-order valence-electron chi connectivity index (χ0n) is 10.9. The van der Waals surface area contributed by atoms with Crippen molar-refractivity contribution in [2.24, 2.45) is 0 Å². The Morgan fingerprint density at radius 1 is 1.33 bits per heavy atom. The molecular formula is C14H19BrF2Si. The van der Waals surface area contributed by atoms with Crippen LogP contribution in [0.5, 0.6) is 0 Å². The molecule has 1 aromatic carbocycles. The van der Waals surface area contributed by atoms with Gasteiger partial charge in [0.25, 0.3) is 0 Å². The number of aryl methyl sites for hydroxylation is 1. The number of fused-ring (bicyclic) bond motifs is 1. The molecule has 4 heteroatoms. The Hall–Kier alpha value is -0.223. The summed E-state index contributed by atoms with van der Waals surface area (Å²) in [6.45, 7) is 4.51. The fourth-order valence-electron chi connectivity index (χ4n) is 3.19. The number of benzene rings is 1. The van der Waals surface area contributed by atoms with E-state index in [1.807, 2.05) is 0 Å². The molecule has 0 radical (unpaired) electrons. The van der Waals surface area contributed by atoms with Gasteiger partial charge in [0.1, 0.15) is 11.6 Å².